The second-order valence-electron chi connectivity index (χ2n) is 5.18. The normalized spacial score (nSPS) is 22.3. The van der Waals surface area contributed by atoms with E-state index < -0.39 is 0 Å². The van der Waals surface area contributed by atoms with Gasteiger partial charge in [-0.05, 0) is 32.4 Å². The van der Waals surface area contributed by atoms with Crippen molar-refractivity contribution in [2.45, 2.75) is 32.4 Å². The monoisotopic (exact) mass is 278 g/mol. The lowest BCUT2D eigenvalue weighted by molar-refractivity contribution is -0.0457. The van der Waals surface area contributed by atoms with Crippen molar-refractivity contribution in [1.29, 1.82) is 0 Å². The Labute approximate surface area is 119 Å². The molecule has 2 atom stereocenters. The largest absolute Gasteiger partial charge is 0.379 e. The molecule has 1 aromatic heterocycles. The van der Waals surface area contributed by atoms with Crippen LogP contribution in [0.3, 0.4) is 0 Å². The van der Waals surface area contributed by atoms with Gasteiger partial charge in [0.05, 0.1) is 25.4 Å². The van der Waals surface area contributed by atoms with Gasteiger partial charge in [0.1, 0.15) is 5.69 Å². The Morgan fingerprint density at radius 3 is 3.15 bits per heavy atom. The summed E-state index contributed by atoms with van der Waals surface area (Å²) in [5.74, 6) is -0.124. The highest BCUT2D eigenvalue weighted by molar-refractivity contribution is 5.92. The molecule has 20 heavy (non-hydrogen) atoms. The summed E-state index contributed by atoms with van der Waals surface area (Å²) >= 11 is 0. The summed E-state index contributed by atoms with van der Waals surface area (Å²) in [5, 5.41) is 2.97. The van der Waals surface area contributed by atoms with E-state index in [1.54, 1.807) is 18.3 Å². The zero-order chi connectivity index (χ0) is 14.4. The van der Waals surface area contributed by atoms with Crippen LogP contribution in [-0.4, -0.2) is 42.9 Å². The fourth-order valence-corrected chi connectivity index (χ4v) is 2.11. The smallest absolute Gasteiger partial charge is 0.268 e. The molecule has 1 saturated heterocycles. The van der Waals surface area contributed by atoms with Gasteiger partial charge in [-0.3, -0.25) is 4.79 Å². The molecule has 1 aromatic rings. The minimum absolute atomic E-state index is 0.00161. The molecule has 2 N–H and O–H groups in total. The molecular weight excluding hydrogens is 256 g/mol. The lowest BCUT2D eigenvalue weighted by Gasteiger charge is -2.31. The summed E-state index contributed by atoms with van der Waals surface area (Å²) in [5.41, 5.74) is 1.78. The molecule has 0 aliphatic carbocycles. The number of hydrogen-bond acceptors (Lipinski definition) is 3. The van der Waals surface area contributed by atoms with Gasteiger partial charge in [0, 0.05) is 12.8 Å². The second-order valence-corrected chi connectivity index (χ2v) is 5.18. The number of carbonyl (C=O) groups is 1. The minimum Gasteiger partial charge on any atom is -0.379 e. The Hall–Kier alpha value is -1.59. The van der Waals surface area contributed by atoms with Crippen LogP contribution in [0.15, 0.2) is 30.0 Å². The highest BCUT2D eigenvalue weighted by Gasteiger charge is 2.28. The number of allylic oxidation sites excluding steroid dienone is 1. The topological polar surface area (TPSA) is 63.4 Å². The van der Waals surface area contributed by atoms with Crippen LogP contribution in [0.4, 0.5) is 0 Å². The summed E-state index contributed by atoms with van der Waals surface area (Å²) in [6, 6.07) is 3.44. The van der Waals surface area contributed by atoms with E-state index in [9.17, 15) is 4.79 Å². The van der Waals surface area contributed by atoms with Crippen molar-refractivity contribution >= 4 is 5.91 Å². The number of carbonyl (C=O) groups excluding carboxylic acids is 1. The molecule has 0 saturated carbocycles. The standard InChI is InChI=1S/C15H22N2O3/c1-11(2)5-9-20-14-6-8-19-10-13(14)17-15(18)12-4-3-7-16-12/h3-5,7,13-14,16H,6,8-10H2,1-2H3,(H,17,18)/t13-,14+/m0/s1. The van der Waals surface area contributed by atoms with Gasteiger partial charge in [-0.2, -0.15) is 0 Å². The molecule has 1 amide bonds. The molecule has 0 radical (unpaired) electrons. The Morgan fingerprint density at radius 1 is 1.60 bits per heavy atom. The molecule has 110 valence electrons. The lowest BCUT2D eigenvalue weighted by atomic mass is 10.1. The highest BCUT2D eigenvalue weighted by Crippen LogP contribution is 2.13. The maximum absolute atomic E-state index is 12.0. The third-order valence-electron chi connectivity index (χ3n) is 3.25. The van der Waals surface area contributed by atoms with Crippen LogP contribution in [-0.2, 0) is 9.47 Å². The van der Waals surface area contributed by atoms with Crippen molar-refractivity contribution in [3.8, 4) is 0 Å². The summed E-state index contributed by atoms with van der Waals surface area (Å²) in [4.78, 5) is 14.9. The zero-order valence-corrected chi connectivity index (χ0v) is 12.0. The maximum Gasteiger partial charge on any atom is 0.268 e. The number of nitrogens with one attached hydrogen (secondary N) is 2. The quantitative estimate of drug-likeness (QED) is 0.808. The number of rotatable bonds is 5. The average Bonchev–Trinajstić information content (AvgIpc) is 2.94. The van der Waals surface area contributed by atoms with Crippen LogP contribution < -0.4 is 5.32 Å². The highest BCUT2D eigenvalue weighted by atomic mass is 16.5. The molecular formula is C15H22N2O3. The van der Waals surface area contributed by atoms with Gasteiger partial charge in [0.25, 0.3) is 5.91 Å². The van der Waals surface area contributed by atoms with Crippen molar-refractivity contribution in [2.24, 2.45) is 0 Å². The summed E-state index contributed by atoms with van der Waals surface area (Å²) < 4.78 is 11.3. The summed E-state index contributed by atoms with van der Waals surface area (Å²) in [7, 11) is 0. The predicted molar refractivity (Wildman–Crippen MR) is 76.7 cm³/mol. The van der Waals surface area contributed by atoms with Crippen LogP contribution in [0.5, 0.6) is 0 Å². The van der Waals surface area contributed by atoms with Gasteiger partial charge in [-0.1, -0.05) is 11.6 Å². The van der Waals surface area contributed by atoms with Crippen molar-refractivity contribution in [1.82, 2.24) is 10.3 Å². The number of amides is 1. The van der Waals surface area contributed by atoms with Crippen LogP contribution >= 0.6 is 0 Å². The molecule has 2 rings (SSSR count). The molecule has 0 aromatic carbocycles. The van der Waals surface area contributed by atoms with E-state index in [1.165, 1.54) is 5.57 Å². The summed E-state index contributed by atoms with van der Waals surface area (Å²) in [6.07, 6.45) is 4.57. The Bertz CT molecular complexity index is 450. The predicted octanol–water partition coefficient (Wildman–Crippen LogP) is 1.88. The van der Waals surface area contributed by atoms with Gasteiger partial charge < -0.3 is 19.8 Å². The van der Waals surface area contributed by atoms with Crippen LogP contribution in [0, 0.1) is 0 Å². The van der Waals surface area contributed by atoms with Crippen molar-refractivity contribution in [2.75, 3.05) is 19.8 Å². The minimum atomic E-state index is -0.124. The molecule has 1 fully saturated rings. The first-order valence-corrected chi connectivity index (χ1v) is 6.94. The molecule has 2 heterocycles. The Morgan fingerprint density at radius 2 is 2.45 bits per heavy atom. The molecule has 0 spiro atoms. The number of aromatic amines is 1. The molecule has 0 unspecified atom stereocenters. The number of ether oxygens (including phenoxy) is 2. The fraction of sp³-hybridized carbons (Fsp3) is 0.533. The number of H-pyrrole nitrogens is 1. The first-order valence-electron chi connectivity index (χ1n) is 6.94. The fourth-order valence-electron chi connectivity index (χ4n) is 2.11. The summed E-state index contributed by atoms with van der Waals surface area (Å²) in [6.45, 7) is 5.82. The molecule has 0 bridgehead atoms. The van der Waals surface area contributed by atoms with Crippen LogP contribution in [0.2, 0.25) is 0 Å². The van der Waals surface area contributed by atoms with E-state index in [0.29, 0.717) is 25.5 Å². The molecule has 5 nitrogen and oxygen atoms in total. The Balaban J connectivity index is 1.89. The van der Waals surface area contributed by atoms with E-state index in [0.717, 1.165) is 6.42 Å². The zero-order valence-electron chi connectivity index (χ0n) is 12.0. The van der Waals surface area contributed by atoms with Crippen molar-refractivity contribution < 1.29 is 14.3 Å². The van der Waals surface area contributed by atoms with Crippen molar-refractivity contribution in [3.05, 3.63) is 35.7 Å². The van der Waals surface area contributed by atoms with Crippen molar-refractivity contribution in [3.63, 3.8) is 0 Å². The SMILES string of the molecule is CC(C)=CCO[C@@H]1CCOC[C@@H]1NC(=O)c1ccc[nH]1. The first kappa shape index (κ1) is 14.8. The van der Waals surface area contributed by atoms with Gasteiger partial charge in [0.15, 0.2) is 0 Å². The van der Waals surface area contributed by atoms with Crippen LogP contribution in [0.25, 0.3) is 0 Å². The van der Waals surface area contributed by atoms with Gasteiger partial charge >= 0.3 is 0 Å². The Kier molecular flexibility index (Phi) is 5.38. The van der Waals surface area contributed by atoms with E-state index in [2.05, 4.69) is 10.3 Å². The molecule has 1 aliphatic rings. The molecule has 5 heteroatoms. The van der Waals surface area contributed by atoms with Crippen LogP contribution in [0.1, 0.15) is 30.8 Å². The van der Waals surface area contributed by atoms with Gasteiger partial charge in [-0.25, -0.2) is 0 Å². The second kappa shape index (κ2) is 7.26. The average molecular weight is 278 g/mol. The van der Waals surface area contributed by atoms with Gasteiger partial charge in [0.2, 0.25) is 0 Å². The number of hydrogen-bond donors (Lipinski definition) is 2. The number of aromatic nitrogens is 1. The van der Waals surface area contributed by atoms with E-state index >= 15 is 0 Å². The first-order chi connectivity index (χ1) is 9.66. The van der Waals surface area contributed by atoms with E-state index in [-0.39, 0.29) is 18.1 Å². The van der Waals surface area contributed by atoms with Gasteiger partial charge in [-0.15, -0.1) is 0 Å². The third kappa shape index (κ3) is 4.21. The lowest BCUT2D eigenvalue weighted by Crippen LogP contribution is -2.50. The maximum atomic E-state index is 12.0. The van der Waals surface area contributed by atoms with E-state index in [1.807, 2.05) is 19.9 Å². The van der Waals surface area contributed by atoms with E-state index in [4.69, 9.17) is 9.47 Å². The molecule has 1 aliphatic heterocycles. The third-order valence-corrected chi connectivity index (χ3v) is 3.25.